The van der Waals surface area contributed by atoms with Crippen molar-refractivity contribution in [3.8, 4) is 22.9 Å². The minimum absolute atomic E-state index is 0.265. The molecule has 0 unspecified atom stereocenters. The van der Waals surface area contributed by atoms with Crippen molar-refractivity contribution in [2.45, 2.75) is 6.42 Å². The van der Waals surface area contributed by atoms with Crippen LogP contribution < -0.4 is 9.47 Å². The Hall–Kier alpha value is -3.10. The lowest BCUT2D eigenvalue weighted by atomic mass is 10.1. The highest BCUT2D eigenvalue weighted by molar-refractivity contribution is 7.17. The Morgan fingerprint density at radius 2 is 1.70 bits per heavy atom. The van der Waals surface area contributed by atoms with Crippen LogP contribution in [0.25, 0.3) is 31.4 Å². The summed E-state index contributed by atoms with van der Waals surface area (Å²) in [6, 6.07) is 14.4. The molecule has 0 aliphatic heterocycles. The molecule has 0 saturated heterocycles. The summed E-state index contributed by atoms with van der Waals surface area (Å²) < 4.78 is 30.5. The van der Waals surface area contributed by atoms with E-state index in [9.17, 15) is 4.39 Å². The summed E-state index contributed by atoms with van der Waals surface area (Å²) in [7, 11) is 0. The van der Waals surface area contributed by atoms with E-state index in [1.54, 1.807) is 12.1 Å². The van der Waals surface area contributed by atoms with Gasteiger partial charge in [0.05, 0.1) is 28.7 Å². The van der Waals surface area contributed by atoms with Gasteiger partial charge in [0.15, 0.2) is 0 Å². The fraction of sp³-hybridized carbons (Fsp3) is 0.136. The van der Waals surface area contributed by atoms with Crippen LogP contribution in [0, 0.1) is 5.82 Å². The third-order valence-corrected chi connectivity index (χ3v) is 6.30. The lowest BCUT2D eigenvalue weighted by Crippen LogP contribution is -2.06. The van der Waals surface area contributed by atoms with Gasteiger partial charge in [-0.25, -0.2) is 14.4 Å². The van der Waals surface area contributed by atoms with Crippen molar-refractivity contribution < 1.29 is 13.9 Å². The number of hydrogen-bond donors (Lipinski definition) is 0. The largest absolute Gasteiger partial charge is 0.477 e. The van der Waals surface area contributed by atoms with E-state index in [4.69, 9.17) is 9.47 Å². The van der Waals surface area contributed by atoms with Crippen molar-refractivity contribution in [1.82, 2.24) is 14.3 Å². The standard InChI is InChI=1S/C22H16FN3O2S2/c23-15-8-6-14(7-9-15)17-12-29-22-19(17)21(24-13-25-22)28-11-3-10-27-20-16-4-1-2-5-18(16)30-26-20/h1-2,4-9,12-13H,3,10-11H2. The number of rotatable bonds is 7. The fourth-order valence-corrected chi connectivity index (χ4v) is 4.79. The first-order valence-corrected chi connectivity index (χ1v) is 11.0. The van der Waals surface area contributed by atoms with Gasteiger partial charge < -0.3 is 9.47 Å². The highest BCUT2D eigenvalue weighted by Crippen LogP contribution is 2.37. The van der Waals surface area contributed by atoms with E-state index >= 15 is 0 Å². The second-order valence-electron chi connectivity index (χ2n) is 6.55. The van der Waals surface area contributed by atoms with E-state index in [1.807, 2.05) is 29.6 Å². The second kappa shape index (κ2) is 8.33. The lowest BCUT2D eigenvalue weighted by molar-refractivity contribution is 0.242. The quantitative estimate of drug-likeness (QED) is 0.294. The van der Waals surface area contributed by atoms with E-state index in [2.05, 4.69) is 14.3 Å². The Labute approximate surface area is 179 Å². The Morgan fingerprint density at radius 3 is 2.57 bits per heavy atom. The van der Waals surface area contributed by atoms with Crippen LogP contribution in [0.5, 0.6) is 11.8 Å². The van der Waals surface area contributed by atoms with Crippen LogP contribution in [0.2, 0.25) is 0 Å². The van der Waals surface area contributed by atoms with E-state index < -0.39 is 0 Å². The van der Waals surface area contributed by atoms with Crippen LogP contribution >= 0.6 is 22.9 Å². The molecular formula is C22H16FN3O2S2. The molecule has 3 aromatic heterocycles. The minimum Gasteiger partial charge on any atom is -0.477 e. The summed E-state index contributed by atoms with van der Waals surface area (Å²) in [6.45, 7) is 0.948. The Bertz CT molecular complexity index is 1300. The minimum atomic E-state index is -0.265. The van der Waals surface area contributed by atoms with Crippen LogP contribution in [0.3, 0.4) is 0 Å². The third kappa shape index (κ3) is 3.71. The van der Waals surface area contributed by atoms with Gasteiger partial charge in [-0.1, -0.05) is 24.3 Å². The molecule has 30 heavy (non-hydrogen) atoms. The average Bonchev–Trinajstić information content (AvgIpc) is 3.39. The number of hydrogen-bond acceptors (Lipinski definition) is 7. The molecule has 0 aliphatic rings. The predicted octanol–water partition coefficient (Wildman–Crippen LogP) is 5.96. The number of aromatic nitrogens is 3. The van der Waals surface area contributed by atoms with Gasteiger partial charge in [0.1, 0.15) is 17.0 Å². The summed E-state index contributed by atoms with van der Waals surface area (Å²) >= 11 is 2.95. The van der Waals surface area contributed by atoms with Crippen molar-refractivity contribution in [2.24, 2.45) is 0 Å². The summed E-state index contributed by atoms with van der Waals surface area (Å²) in [5, 5.41) is 3.87. The van der Waals surface area contributed by atoms with E-state index in [-0.39, 0.29) is 5.82 Å². The van der Waals surface area contributed by atoms with Crippen LogP contribution in [0.1, 0.15) is 6.42 Å². The highest BCUT2D eigenvalue weighted by Gasteiger charge is 2.14. The van der Waals surface area contributed by atoms with Gasteiger partial charge in [-0.15, -0.1) is 11.3 Å². The van der Waals surface area contributed by atoms with Crippen molar-refractivity contribution in [3.63, 3.8) is 0 Å². The van der Waals surface area contributed by atoms with Gasteiger partial charge in [0.2, 0.25) is 11.8 Å². The van der Waals surface area contributed by atoms with Crippen LogP contribution in [-0.2, 0) is 0 Å². The van der Waals surface area contributed by atoms with Crippen LogP contribution in [0.4, 0.5) is 4.39 Å². The Balaban J connectivity index is 1.26. The van der Waals surface area contributed by atoms with Gasteiger partial charge >= 0.3 is 0 Å². The molecule has 0 fully saturated rings. The van der Waals surface area contributed by atoms with E-state index in [0.29, 0.717) is 31.4 Å². The summed E-state index contributed by atoms with van der Waals surface area (Å²) in [4.78, 5) is 9.49. The maximum Gasteiger partial charge on any atom is 0.233 e. The Kier molecular flexibility index (Phi) is 5.25. The first kappa shape index (κ1) is 18.9. The highest BCUT2D eigenvalue weighted by atomic mass is 32.1. The second-order valence-corrected chi connectivity index (χ2v) is 8.21. The molecule has 0 atom stereocenters. The monoisotopic (exact) mass is 437 g/mol. The van der Waals surface area contributed by atoms with Crippen molar-refractivity contribution in [2.75, 3.05) is 13.2 Å². The number of halogens is 1. The summed E-state index contributed by atoms with van der Waals surface area (Å²) in [5.74, 6) is 0.926. The smallest absolute Gasteiger partial charge is 0.233 e. The van der Waals surface area contributed by atoms with E-state index in [0.717, 1.165) is 31.4 Å². The average molecular weight is 438 g/mol. The maximum absolute atomic E-state index is 13.3. The number of thiophene rings is 1. The third-order valence-electron chi connectivity index (χ3n) is 4.60. The number of nitrogens with zero attached hydrogens (tertiary/aromatic N) is 3. The zero-order chi connectivity index (χ0) is 20.3. The van der Waals surface area contributed by atoms with Crippen LogP contribution in [-0.4, -0.2) is 27.6 Å². The molecule has 5 rings (SSSR count). The summed E-state index contributed by atoms with van der Waals surface area (Å²) in [5.41, 5.74) is 1.84. The molecule has 0 spiro atoms. The van der Waals surface area contributed by atoms with Gasteiger partial charge in [-0.05, 0) is 41.4 Å². The number of fused-ring (bicyclic) bond motifs is 2. The molecule has 5 aromatic rings. The number of benzene rings is 2. The fourth-order valence-electron chi connectivity index (χ4n) is 3.16. The zero-order valence-electron chi connectivity index (χ0n) is 15.7. The van der Waals surface area contributed by atoms with Crippen LogP contribution in [0.15, 0.2) is 60.2 Å². The molecule has 0 aliphatic carbocycles. The van der Waals surface area contributed by atoms with Gasteiger partial charge in [0.25, 0.3) is 0 Å². The molecule has 0 saturated carbocycles. The maximum atomic E-state index is 13.3. The zero-order valence-corrected chi connectivity index (χ0v) is 17.4. The molecule has 5 nitrogen and oxygen atoms in total. The van der Waals surface area contributed by atoms with Crippen molar-refractivity contribution in [3.05, 3.63) is 66.1 Å². The van der Waals surface area contributed by atoms with Gasteiger partial charge in [-0.2, -0.15) is 4.37 Å². The SMILES string of the molecule is Fc1ccc(-c2csc3ncnc(OCCCOc4nsc5ccccc45)c23)cc1. The number of ether oxygens (including phenoxy) is 2. The van der Waals surface area contributed by atoms with Gasteiger partial charge in [-0.3, -0.25) is 0 Å². The molecule has 0 amide bonds. The molecule has 0 N–H and O–H groups in total. The molecular weight excluding hydrogens is 421 g/mol. The Morgan fingerprint density at radius 1 is 0.900 bits per heavy atom. The van der Waals surface area contributed by atoms with Crippen molar-refractivity contribution in [1.29, 1.82) is 0 Å². The topological polar surface area (TPSA) is 57.1 Å². The first-order valence-electron chi connectivity index (χ1n) is 9.38. The lowest BCUT2D eigenvalue weighted by Gasteiger charge is -2.08. The molecule has 8 heteroatoms. The molecule has 0 radical (unpaired) electrons. The first-order chi connectivity index (χ1) is 14.8. The molecule has 150 valence electrons. The molecule has 0 bridgehead atoms. The predicted molar refractivity (Wildman–Crippen MR) is 118 cm³/mol. The summed E-state index contributed by atoms with van der Waals surface area (Å²) in [6.07, 6.45) is 2.19. The molecule has 2 aromatic carbocycles. The van der Waals surface area contributed by atoms with Gasteiger partial charge in [0, 0.05) is 17.4 Å². The van der Waals surface area contributed by atoms with E-state index in [1.165, 1.54) is 41.3 Å². The van der Waals surface area contributed by atoms with Crippen molar-refractivity contribution >= 4 is 43.2 Å². The normalized spacial score (nSPS) is 11.2. The molecule has 3 heterocycles.